The molecule has 0 radical (unpaired) electrons. The Hall–Kier alpha value is -0.0800. The van der Waals surface area contributed by atoms with E-state index in [0.29, 0.717) is 22.2 Å². The lowest BCUT2D eigenvalue weighted by Gasteiger charge is -2.53. The predicted octanol–water partition coefficient (Wildman–Crippen LogP) is 10.2. The topological polar surface area (TPSA) is 26.0 Å². The summed E-state index contributed by atoms with van der Waals surface area (Å²) in [5.41, 5.74) is 7.93. The number of rotatable bonds is 14. The Morgan fingerprint density at radius 3 is 2.08 bits per heavy atom. The summed E-state index contributed by atoms with van der Waals surface area (Å²) in [5.74, 6) is 3.17. The average molecular weight is 534 g/mol. The second kappa shape index (κ2) is 13.3. The van der Waals surface area contributed by atoms with E-state index in [1.165, 1.54) is 101 Å². The van der Waals surface area contributed by atoms with Gasteiger partial charge in [-0.3, -0.25) is 0 Å². The number of quaternary nitrogens is 1. The molecule has 0 amide bonds. The molecular formula is C36H73N2+. The van der Waals surface area contributed by atoms with Crippen molar-refractivity contribution in [3.05, 3.63) is 0 Å². The molecule has 2 rings (SSSR count). The summed E-state index contributed by atoms with van der Waals surface area (Å²) in [5, 5.41) is 0. The van der Waals surface area contributed by atoms with Gasteiger partial charge in [-0.1, -0.05) is 80.6 Å². The van der Waals surface area contributed by atoms with Crippen molar-refractivity contribution in [3.63, 3.8) is 0 Å². The highest BCUT2D eigenvalue weighted by Crippen LogP contribution is 2.56. The summed E-state index contributed by atoms with van der Waals surface area (Å²) in [7, 11) is 4.99. The first-order valence-electron chi connectivity index (χ1n) is 16.9. The van der Waals surface area contributed by atoms with Crippen molar-refractivity contribution >= 4 is 0 Å². The first kappa shape index (κ1) is 34.1. The fourth-order valence-electron chi connectivity index (χ4n) is 8.90. The monoisotopic (exact) mass is 534 g/mol. The molecule has 2 nitrogen and oxygen atoms in total. The van der Waals surface area contributed by atoms with Crippen LogP contribution in [0.1, 0.15) is 159 Å². The van der Waals surface area contributed by atoms with Crippen LogP contribution in [-0.4, -0.2) is 36.7 Å². The van der Waals surface area contributed by atoms with Crippen LogP contribution in [0.25, 0.3) is 0 Å². The van der Waals surface area contributed by atoms with Crippen LogP contribution in [-0.2, 0) is 0 Å². The standard InChI is InChI=1S/C36H73N2/c1-28-19-17-22-33(4,5)31(28)21-20-30(3)38(11,12)26-16-14-13-15-24-36(10)25-18-23-34(6,7)32(36)27-29(2)35(8,9)37/h28-32H,13-27,37H2,1-12H3/q+1. The molecule has 0 spiro atoms. The molecule has 2 aliphatic carbocycles. The molecule has 2 fully saturated rings. The van der Waals surface area contributed by atoms with Crippen LogP contribution in [0.4, 0.5) is 0 Å². The molecule has 6 atom stereocenters. The van der Waals surface area contributed by atoms with Gasteiger partial charge in [0.1, 0.15) is 0 Å². The van der Waals surface area contributed by atoms with Gasteiger partial charge in [0.05, 0.1) is 26.7 Å². The summed E-state index contributed by atoms with van der Waals surface area (Å²) in [6.45, 7) is 26.0. The molecular weight excluding hydrogens is 460 g/mol. The van der Waals surface area contributed by atoms with Gasteiger partial charge in [-0.2, -0.15) is 0 Å². The molecule has 0 aromatic carbocycles. The maximum atomic E-state index is 6.56. The Kier molecular flexibility index (Phi) is 11.9. The molecule has 2 heteroatoms. The highest BCUT2D eigenvalue weighted by Gasteiger charge is 2.47. The molecule has 226 valence electrons. The van der Waals surface area contributed by atoms with E-state index in [9.17, 15) is 0 Å². The number of hydrogen-bond acceptors (Lipinski definition) is 1. The van der Waals surface area contributed by atoms with Crippen molar-refractivity contribution in [2.45, 2.75) is 171 Å². The zero-order valence-electron chi connectivity index (χ0n) is 28.5. The van der Waals surface area contributed by atoms with Crippen molar-refractivity contribution in [3.8, 4) is 0 Å². The van der Waals surface area contributed by atoms with E-state index in [1.807, 2.05) is 0 Å². The maximum Gasteiger partial charge on any atom is 0.0857 e. The minimum Gasteiger partial charge on any atom is -0.326 e. The second-order valence-corrected chi connectivity index (χ2v) is 17.6. The Labute approximate surface area is 241 Å². The maximum absolute atomic E-state index is 6.56. The lowest BCUT2D eigenvalue weighted by molar-refractivity contribution is -0.913. The Morgan fingerprint density at radius 1 is 0.868 bits per heavy atom. The third-order valence-corrected chi connectivity index (χ3v) is 12.7. The third-order valence-electron chi connectivity index (χ3n) is 12.7. The quantitative estimate of drug-likeness (QED) is 0.174. The summed E-state index contributed by atoms with van der Waals surface area (Å²) >= 11 is 0. The largest absolute Gasteiger partial charge is 0.326 e. The lowest BCUT2D eigenvalue weighted by atomic mass is 9.52. The SMILES string of the molecule is CC1CCCC(C)(C)C1CCC(C)[N+](C)(C)CCCCCCC1(C)CCCC(C)(C)C1CC(C)C(C)(C)N. The fraction of sp³-hybridized carbons (Fsp3) is 1.00. The zero-order valence-corrected chi connectivity index (χ0v) is 28.5. The third kappa shape index (κ3) is 9.22. The lowest BCUT2D eigenvalue weighted by Crippen LogP contribution is -2.48. The summed E-state index contributed by atoms with van der Waals surface area (Å²) in [6, 6.07) is 0.762. The highest BCUT2D eigenvalue weighted by molar-refractivity contribution is 4.97. The molecule has 0 aromatic heterocycles. The minimum absolute atomic E-state index is 0.0819. The molecule has 0 bridgehead atoms. The van der Waals surface area contributed by atoms with Crippen molar-refractivity contribution < 1.29 is 4.48 Å². The fourth-order valence-corrected chi connectivity index (χ4v) is 8.90. The number of nitrogens with zero attached hydrogens (tertiary/aromatic N) is 1. The smallest absolute Gasteiger partial charge is 0.0857 e. The van der Waals surface area contributed by atoms with Gasteiger partial charge in [0, 0.05) is 5.54 Å². The first-order valence-corrected chi connectivity index (χ1v) is 16.9. The van der Waals surface area contributed by atoms with Crippen LogP contribution >= 0.6 is 0 Å². The summed E-state index contributed by atoms with van der Waals surface area (Å²) in [4.78, 5) is 0. The van der Waals surface area contributed by atoms with Gasteiger partial charge in [-0.05, 0) is 118 Å². The van der Waals surface area contributed by atoms with Crippen LogP contribution < -0.4 is 5.73 Å². The van der Waals surface area contributed by atoms with Crippen LogP contribution in [0.2, 0.25) is 0 Å². The Balaban J connectivity index is 1.79. The molecule has 2 aliphatic rings. The van der Waals surface area contributed by atoms with Gasteiger partial charge in [0.2, 0.25) is 0 Å². The van der Waals surface area contributed by atoms with Gasteiger partial charge >= 0.3 is 0 Å². The van der Waals surface area contributed by atoms with Crippen molar-refractivity contribution in [2.24, 2.45) is 45.7 Å². The molecule has 2 N–H and O–H groups in total. The van der Waals surface area contributed by atoms with Gasteiger partial charge < -0.3 is 10.2 Å². The molecule has 6 unspecified atom stereocenters. The van der Waals surface area contributed by atoms with Crippen LogP contribution in [0.5, 0.6) is 0 Å². The number of nitrogens with two attached hydrogens (primary N) is 1. The van der Waals surface area contributed by atoms with E-state index < -0.39 is 0 Å². The normalized spacial score (nSPS) is 31.7. The molecule has 0 saturated heterocycles. The van der Waals surface area contributed by atoms with Crippen LogP contribution in [0.3, 0.4) is 0 Å². The summed E-state index contributed by atoms with van der Waals surface area (Å²) < 4.78 is 1.20. The number of unbranched alkanes of at least 4 members (excludes halogenated alkanes) is 3. The van der Waals surface area contributed by atoms with Crippen molar-refractivity contribution in [2.75, 3.05) is 20.6 Å². The van der Waals surface area contributed by atoms with Gasteiger partial charge in [-0.25, -0.2) is 0 Å². The Bertz CT molecular complexity index is 699. The zero-order chi connectivity index (χ0) is 29.0. The van der Waals surface area contributed by atoms with Crippen molar-refractivity contribution in [1.29, 1.82) is 0 Å². The number of hydrogen-bond donors (Lipinski definition) is 1. The summed E-state index contributed by atoms with van der Waals surface area (Å²) in [6.07, 6.45) is 19.6. The van der Waals surface area contributed by atoms with Crippen LogP contribution in [0.15, 0.2) is 0 Å². The van der Waals surface area contributed by atoms with Gasteiger partial charge in [0.25, 0.3) is 0 Å². The van der Waals surface area contributed by atoms with E-state index in [-0.39, 0.29) is 5.54 Å². The Morgan fingerprint density at radius 2 is 1.47 bits per heavy atom. The van der Waals surface area contributed by atoms with E-state index in [2.05, 4.69) is 83.3 Å². The molecule has 38 heavy (non-hydrogen) atoms. The van der Waals surface area contributed by atoms with Gasteiger partial charge in [-0.15, -0.1) is 0 Å². The molecule has 2 saturated carbocycles. The first-order chi connectivity index (χ1) is 17.3. The average Bonchev–Trinajstić information content (AvgIpc) is 2.77. The van der Waals surface area contributed by atoms with E-state index in [0.717, 1.165) is 23.8 Å². The van der Waals surface area contributed by atoms with Gasteiger partial charge in [0.15, 0.2) is 0 Å². The second-order valence-electron chi connectivity index (χ2n) is 17.6. The molecule has 0 heterocycles. The van der Waals surface area contributed by atoms with E-state index in [4.69, 9.17) is 5.73 Å². The highest BCUT2D eigenvalue weighted by atomic mass is 15.3. The minimum atomic E-state index is -0.0819. The van der Waals surface area contributed by atoms with Crippen LogP contribution in [0, 0.1) is 39.9 Å². The predicted molar refractivity (Wildman–Crippen MR) is 170 cm³/mol. The van der Waals surface area contributed by atoms with E-state index >= 15 is 0 Å². The van der Waals surface area contributed by atoms with E-state index in [1.54, 1.807) is 0 Å². The van der Waals surface area contributed by atoms with Crippen molar-refractivity contribution in [1.82, 2.24) is 0 Å². The molecule has 0 aromatic rings. The molecule has 0 aliphatic heterocycles.